The van der Waals surface area contributed by atoms with Gasteiger partial charge in [-0.15, -0.1) is 10.2 Å². The lowest BCUT2D eigenvalue weighted by Gasteiger charge is -2.29. The van der Waals surface area contributed by atoms with Crippen LogP contribution >= 0.6 is 0 Å². The first-order valence-electron chi connectivity index (χ1n) is 6.88. The standard InChI is InChI=1S/C13H23N5O/c1-9-7-5-6-8-10(9)14-12(19)11-15-16-13(17(2)3)18(11)4/h9-10H,5-8H2,1-4H3,(H,14,19). The van der Waals surface area contributed by atoms with Crippen molar-refractivity contribution >= 4 is 11.9 Å². The van der Waals surface area contributed by atoms with Crippen LogP contribution in [0.15, 0.2) is 0 Å². The third kappa shape index (κ3) is 2.88. The van der Waals surface area contributed by atoms with Crippen molar-refractivity contribution in [3.63, 3.8) is 0 Å². The highest BCUT2D eigenvalue weighted by molar-refractivity contribution is 5.91. The molecule has 0 saturated heterocycles. The molecule has 0 aromatic carbocycles. The van der Waals surface area contributed by atoms with Gasteiger partial charge in [-0.3, -0.25) is 9.36 Å². The van der Waals surface area contributed by atoms with Crippen LogP contribution in [0.25, 0.3) is 0 Å². The van der Waals surface area contributed by atoms with Crippen LogP contribution in [-0.4, -0.2) is 40.8 Å². The quantitative estimate of drug-likeness (QED) is 0.891. The summed E-state index contributed by atoms with van der Waals surface area (Å²) in [6.07, 6.45) is 4.71. The number of nitrogens with zero attached hydrogens (tertiary/aromatic N) is 4. The topological polar surface area (TPSA) is 63.1 Å². The average molecular weight is 265 g/mol. The Hall–Kier alpha value is -1.59. The van der Waals surface area contributed by atoms with Crippen LogP contribution in [0.4, 0.5) is 5.95 Å². The number of hydrogen-bond donors (Lipinski definition) is 1. The van der Waals surface area contributed by atoms with Crippen molar-refractivity contribution < 1.29 is 4.79 Å². The van der Waals surface area contributed by atoms with Gasteiger partial charge in [0.05, 0.1) is 0 Å². The van der Waals surface area contributed by atoms with Gasteiger partial charge in [0, 0.05) is 27.2 Å². The molecule has 1 heterocycles. The molecule has 0 bridgehead atoms. The molecule has 0 aliphatic heterocycles. The molecule has 6 heteroatoms. The summed E-state index contributed by atoms with van der Waals surface area (Å²) in [6.45, 7) is 2.20. The van der Waals surface area contributed by atoms with Gasteiger partial charge in [0.25, 0.3) is 5.91 Å². The molecule has 1 aromatic heterocycles. The van der Waals surface area contributed by atoms with Crippen LogP contribution in [0.2, 0.25) is 0 Å². The molecule has 6 nitrogen and oxygen atoms in total. The molecule has 0 spiro atoms. The lowest BCUT2D eigenvalue weighted by atomic mass is 9.86. The third-order valence-corrected chi connectivity index (χ3v) is 3.88. The van der Waals surface area contributed by atoms with Gasteiger partial charge in [0.15, 0.2) is 0 Å². The van der Waals surface area contributed by atoms with Gasteiger partial charge in [-0.2, -0.15) is 0 Å². The van der Waals surface area contributed by atoms with E-state index >= 15 is 0 Å². The summed E-state index contributed by atoms with van der Waals surface area (Å²) < 4.78 is 1.73. The fourth-order valence-electron chi connectivity index (χ4n) is 2.67. The van der Waals surface area contributed by atoms with E-state index < -0.39 is 0 Å². The van der Waals surface area contributed by atoms with Crippen molar-refractivity contribution in [2.45, 2.75) is 38.6 Å². The van der Waals surface area contributed by atoms with E-state index in [-0.39, 0.29) is 11.9 Å². The van der Waals surface area contributed by atoms with Crippen molar-refractivity contribution in [3.8, 4) is 0 Å². The van der Waals surface area contributed by atoms with Crippen LogP contribution < -0.4 is 10.2 Å². The Morgan fingerprint density at radius 2 is 2.00 bits per heavy atom. The highest BCUT2D eigenvalue weighted by atomic mass is 16.2. The number of rotatable bonds is 3. The molecule has 2 atom stereocenters. The predicted octanol–water partition coefficient (Wildman–Crippen LogP) is 1.19. The molecule has 1 aromatic rings. The molecule has 1 aliphatic rings. The zero-order valence-corrected chi connectivity index (χ0v) is 12.2. The summed E-state index contributed by atoms with van der Waals surface area (Å²) >= 11 is 0. The zero-order chi connectivity index (χ0) is 14.0. The van der Waals surface area contributed by atoms with Gasteiger partial charge < -0.3 is 10.2 Å². The molecule has 1 aliphatic carbocycles. The maximum atomic E-state index is 12.3. The minimum Gasteiger partial charge on any atom is -0.347 e. The molecule has 19 heavy (non-hydrogen) atoms. The molecule has 1 amide bonds. The second-order valence-electron chi connectivity index (χ2n) is 5.62. The summed E-state index contributed by atoms with van der Waals surface area (Å²) in [5.74, 6) is 1.48. The van der Waals surface area contributed by atoms with E-state index in [0.29, 0.717) is 17.7 Å². The van der Waals surface area contributed by atoms with Crippen molar-refractivity contribution in [1.29, 1.82) is 0 Å². The summed E-state index contributed by atoms with van der Waals surface area (Å²) in [4.78, 5) is 14.1. The van der Waals surface area contributed by atoms with Crippen molar-refractivity contribution in [3.05, 3.63) is 5.82 Å². The fourth-order valence-corrected chi connectivity index (χ4v) is 2.67. The maximum absolute atomic E-state index is 12.3. The second-order valence-corrected chi connectivity index (χ2v) is 5.62. The molecule has 0 radical (unpaired) electrons. The molecule has 106 valence electrons. The average Bonchev–Trinajstić information content (AvgIpc) is 2.74. The van der Waals surface area contributed by atoms with Crippen molar-refractivity contribution in [1.82, 2.24) is 20.1 Å². The number of aromatic nitrogens is 3. The Kier molecular flexibility index (Phi) is 4.07. The Labute approximate surface area is 114 Å². The monoisotopic (exact) mass is 265 g/mol. The molecule has 2 rings (SSSR count). The fraction of sp³-hybridized carbons (Fsp3) is 0.769. The lowest BCUT2D eigenvalue weighted by Crippen LogP contribution is -2.42. The van der Waals surface area contributed by atoms with Gasteiger partial charge in [0.1, 0.15) is 0 Å². The minimum absolute atomic E-state index is 0.123. The summed E-state index contributed by atoms with van der Waals surface area (Å²) in [6, 6.07) is 0.265. The predicted molar refractivity (Wildman–Crippen MR) is 74.2 cm³/mol. The van der Waals surface area contributed by atoms with Crippen LogP contribution in [0.1, 0.15) is 43.2 Å². The van der Waals surface area contributed by atoms with E-state index in [1.165, 1.54) is 19.3 Å². The first kappa shape index (κ1) is 13.8. The number of amides is 1. The van der Waals surface area contributed by atoms with Crippen LogP contribution in [-0.2, 0) is 7.05 Å². The van der Waals surface area contributed by atoms with E-state index in [9.17, 15) is 4.79 Å². The zero-order valence-electron chi connectivity index (χ0n) is 12.2. The van der Waals surface area contributed by atoms with Crippen molar-refractivity contribution in [2.75, 3.05) is 19.0 Å². The number of nitrogens with one attached hydrogen (secondary N) is 1. The molecule has 1 saturated carbocycles. The van der Waals surface area contributed by atoms with Crippen molar-refractivity contribution in [2.24, 2.45) is 13.0 Å². The Bertz CT molecular complexity index is 454. The van der Waals surface area contributed by atoms with Gasteiger partial charge in [-0.25, -0.2) is 0 Å². The lowest BCUT2D eigenvalue weighted by molar-refractivity contribution is 0.0896. The second kappa shape index (κ2) is 5.59. The molecule has 1 fully saturated rings. The molecule has 1 N–H and O–H groups in total. The smallest absolute Gasteiger partial charge is 0.289 e. The number of hydrogen-bond acceptors (Lipinski definition) is 4. The summed E-state index contributed by atoms with van der Waals surface area (Å²) in [5.41, 5.74) is 0. The largest absolute Gasteiger partial charge is 0.347 e. The summed E-state index contributed by atoms with van der Waals surface area (Å²) in [7, 11) is 5.58. The van der Waals surface area contributed by atoms with Gasteiger partial charge >= 0.3 is 0 Å². The Morgan fingerprint density at radius 3 is 2.58 bits per heavy atom. The van der Waals surface area contributed by atoms with Crippen LogP contribution in [0.5, 0.6) is 0 Å². The van der Waals surface area contributed by atoms with Gasteiger partial charge in [0.2, 0.25) is 11.8 Å². The minimum atomic E-state index is -0.123. The normalized spacial score (nSPS) is 23.2. The molecular weight excluding hydrogens is 242 g/mol. The SMILES string of the molecule is CC1CCCCC1NC(=O)c1nnc(N(C)C)n1C. The maximum Gasteiger partial charge on any atom is 0.289 e. The van der Waals surface area contributed by atoms with Crippen LogP contribution in [0.3, 0.4) is 0 Å². The third-order valence-electron chi connectivity index (χ3n) is 3.88. The molecule has 2 unspecified atom stereocenters. The van der Waals surface area contributed by atoms with Gasteiger partial charge in [-0.05, 0) is 18.8 Å². The van der Waals surface area contributed by atoms with E-state index in [1.807, 2.05) is 26.0 Å². The van der Waals surface area contributed by atoms with E-state index in [4.69, 9.17) is 0 Å². The highest BCUT2D eigenvalue weighted by Crippen LogP contribution is 2.24. The van der Waals surface area contributed by atoms with Crippen LogP contribution in [0, 0.1) is 5.92 Å². The van der Waals surface area contributed by atoms with E-state index in [0.717, 1.165) is 6.42 Å². The summed E-state index contributed by atoms with van der Waals surface area (Å²) in [5, 5.41) is 11.1. The molecular formula is C13H23N5O. The number of anilines is 1. The Balaban J connectivity index is 2.07. The first-order chi connectivity index (χ1) is 9.00. The van der Waals surface area contributed by atoms with Gasteiger partial charge in [-0.1, -0.05) is 19.8 Å². The highest BCUT2D eigenvalue weighted by Gasteiger charge is 2.25. The number of carbonyl (C=O) groups excluding carboxylic acids is 1. The van der Waals surface area contributed by atoms with E-state index in [1.54, 1.807) is 4.57 Å². The first-order valence-corrected chi connectivity index (χ1v) is 6.88. The number of carbonyl (C=O) groups is 1. The van der Waals surface area contributed by atoms with E-state index in [2.05, 4.69) is 22.4 Å². The Morgan fingerprint density at radius 1 is 1.32 bits per heavy atom.